The molecule has 0 radical (unpaired) electrons. The molecule has 1 heterocycles. The Labute approximate surface area is 97.5 Å². The molecule has 0 amide bonds. The van der Waals surface area contributed by atoms with Crippen LogP contribution in [0.5, 0.6) is 0 Å². The predicted molar refractivity (Wildman–Crippen MR) is 59.4 cm³/mol. The van der Waals surface area contributed by atoms with E-state index in [1.807, 2.05) is 30.3 Å². The number of carboxylic acids is 1. The van der Waals surface area contributed by atoms with E-state index in [0.717, 1.165) is 5.69 Å². The molecule has 2 rings (SSSR count). The molecule has 0 atom stereocenters. The number of aromatic nitrogens is 2. The maximum Gasteiger partial charge on any atom is 0.323 e. The Morgan fingerprint density at radius 3 is 2.71 bits per heavy atom. The normalized spacial score (nSPS) is 10.1. The highest BCUT2D eigenvalue weighted by atomic mass is 16.5. The van der Waals surface area contributed by atoms with Crippen molar-refractivity contribution in [2.45, 2.75) is 6.54 Å². The fourth-order valence-electron chi connectivity index (χ4n) is 1.47. The summed E-state index contributed by atoms with van der Waals surface area (Å²) >= 11 is 0. The molecule has 0 fully saturated rings. The highest BCUT2D eigenvalue weighted by Gasteiger charge is 2.13. The summed E-state index contributed by atoms with van der Waals surface area (Å²) in [7, 11) is 0. The second-order valence-corrected chi connectivity index (χ2v) is 3.43. The van der Waals surface area contributed by atoms with Crippen LogP contribution >= 0.6 is 0 Å². The summed E-state index contributed by atoms with van der Waals surface area (Å²) < 4.78 is 4.62. The number of aliphatic carboxylic acids is 1. The molecule has 0 saturated carbocycles. The van der Waals surface area contributed by atoms with E-state index in [4.69, 9.17) is 5.11 Å². The minimum Gasteiger partial charge on any atom is -0.480 e. The van der Waals surface area contributed by atoms with Crippen molar-refractivity contribution in [3.05, 3.63) is 42.5 Å². The van der Waals surface area contributed by atoms with Gasteiger partial charge in [-0.25, -0.2) is 0 Å². The summed E-state index contributed by atoms with van der Waals surface area (Å²) in [4.78, 5) is 16.3. The van der Waals surface area contributed by atoms with E-state index >= 15 is 0 Å². The molecule has 17 heavy (non-hydrogen) atoms. The van der Waals surface area contributed by atoms with E-state index < -0.39 is 5.97 Å². The summed E-state index contributed by atoms with van der Waals surface area (Å²) in [6, 6.07) is 9.24. The largest absolute Gasteiger partial charge is 0.480 e. The SMILES string of the molecule is O=C(O)CN(Cc1ncon1)c1ccccc1. The molecular weight excluding hydrogens is 222 g/mol. The number of nitrogens with zero attached hydrogens (tertiary/aromatic N) is 3. The lowest BCUT2D eigenvalue weighted by atomic mass is 10.3. The van der Waals surface area contributed by atoms with Gasteiger partial charge in [-0.05, 0) is 12.1 Å². The van der Waals surface area contributed by atoms with Crippen LogP contribution < -0.4 is 4.90 Å². The first-order chi connectivity index (χ1) is 8.25. The van der Waals surface area contributed by atoms with Crippen molar-refractivity contribution in [1.82, 2.24) is 10.1 Å². The third kappa shape index (κ3) is 3.04. The Kier molecular flexibility index (Phi) is 3.34. The Morgan fingerprint density at radius 1 is 1.35 bits per heavy atom. The van der Waals surface area contributed by atoms with Gasteiger partial charge in [-0.15, -0.1) is 0 Å². The van der Waals surface area contributed by atoms with E-state index in [9.17, 15) is 4.79 Å². The van der Waals surface area contributed by atoms with Gasteiger partial charge in [0.1, 0.15) is 6.54 Å². The lowest BCUT2D eigenvalue weighted by Gasteiger charge is -2.20. The van der Waals surface area contributed by atoms with E-state index in [-0.39, 0.29) is 6.54 Å². The van der Waals surface area contributed by atoms with Gasteiger partial charge in [0, 0.05) is 5.69 Å². The smallest absolute Gasteiger partial charge is 0.323 e. The zero-order valence-electron chi connectivity index (χ0n) is 8.98. The fourth-order valence-corrected chi connectivity index (χ4v) is 1.47. The van der Waals surface area contributed by atoms with E-state index in [1.54, 1.807) is 4.90 Å². The van der Waals surface area contributed by atoms with E-state index in [2.05, 4.69) is 14.7 Å². The molecule has 0 aliphatic heterocycles. The van der Waals surface area contributed by atoms with Crippen molar-refractivity contribution in [2.75, 3.05) is 11.4 Å². The van der Waals surface area contributed by atoms with Crippen LogP contribution in [0.4, 0.5) is 5.69 Å². The van der Waals surface area contributed by atoms with Crippen LogP contribution in [0.2, 0.25) is 0 Å². The van der Waals surface area contributed by atoms with Gasteiger partial charge in [0.2, 0.25) is 6.39 Å². The number of para-hydroxylation sites is 1. The molecule has 0 aliphatic rings. The Hall–Kier alpha value is -2.37. The molecule has 2 aromatic rings. The molecule has 0 spiro atoms. The first-order valence-corrected chi connectivity index (χ1v) is 5.03. The average molecular weight is 233 g/mol. The molecule has 0 bridgehead atoms. The topological polar surface area (TPSA) is 79.5 Å². The van der Waals surface area contributed by atoms with Crippen molar-refractivity contribution in [2.24, 2.45) is 0 Å². The predicted octanol–water partition coefficient (Wildman–Crippen LogP) is 1.16. The molecule has 0 saturated heterocycles. The third-order valence-corrected chi connectivity index (χ3v) is 2.19. The van der Waals surface area contributed by atoms with Gasteiger partial charge in [0.15, 0.2) is 5.82 Å². The second kappa shape index (κ2) is 5.11. The summed E-state index contributed by atoms with van der Waals surface area (Å²) in [5.41, 5.74) is 0.805. The highest BCUT2D eigenvalue weighted by Crippen LogP contribution is 2.14. The molecular formula is C11H11N3O3. The standard InChI is InChI=1S/C11H11N3O3/c15-11(16)7-14(6-10-12-8-17-13-10)9-4-2-1-3-5-9/h1-5,8H,6-7H2,(H,15,16). The van der Waals surface area contributed by atoms with Crippen LogP contribution in [0.15, 0.2) is 41.2 Å². The average Bonchev–Trinajstić information content (AvgIpc) is 2.82. The monoisotopic (exact) mass is 233 g/mol. The number of anilines is 1. The highest BCUT2D eigenvalue weighted by molar-refractivity contribution is 5.73. The minimum absolute atomic E-state index is 0.113. The zero-order valence-corrected chi connectivity index (χ0v) is 8.98. The Morgan fingerprint density at radius 2 is 2.12 bits per heavy atom. The maximum absolute atomic E-state index is 10.8. The Balaban J connectivity index is 2.16. The molecule has 0 unspecified atom stereocenters. The molecule has 6 heteroatoms. The van der Waals surface area contributed by atoms with Crippen molar-refractivity contribution < 1.29 is 14.4 Å². The maximum atomic E-state index is 10.8. The summed E-state index contributed by atoms with van der Waals surface area (Å²) in [5, 5.41) is 12.5. The van der Waals surface area contributed by atoms with Crippen molar-refractivity contribution in [1.29, 1.82) is 0 Å². The van der Waals surface area contributed by atoms with Crippen molar-refractivity contribution >= 4 is 11.7 Å². The van der Waals surface area contributed by atoms with Crippen LogP contribution in [0.3, 0.4) is 0 Å². The van der Waals surface area contributed by atoms with Gasteiger partial charge in [-0.3, -0.25) is 4.79 Å². The third-order valence-electron chi connectivity index (χ3n) is 2.19. The summed E-state index contributed by atoms with van der Waals surface area (Å²) in [6.07, 6.45) is 1.22. The molecule has 1 N–H and O–H groups in total. The lowest BCUT2D eigenvalue weighted by molar-refractivity contribution is -0.135. The Bertz CT molecular complexity index is 470. The van der Waals surface area contributed by atoms with Crippen molar-refractivity contribution in [3.63, 3.8) is 0 Å². The van der Waals surface area contributed by atoms with Gasteiger partial charge in [0.05, 0.1) is 6.54 Å². The van der Waals surface area contributed by atoms with Crippen molar-refractivity contribution in [3.8, 4) is 0 Å². The van der Waals surface area contributed by atoms with Crippen LogP contribution in [0.1, 0.15) is 5.82 Å². The number of hydrogen-bond donors (Lipinski definition) is 1. The van der Waals surface area contributed by atoms with Gasteiger partial charge in [-0.1, -0.05) is 23.4 Å². The van der Waals surface area contributed by atoms with Crippen LogP contribution in [0, 0.1) is 0 Å². The first-order valence-electron chi connectivity index (χ1n) is 5.03. The summed E-state index contributed by atoms with van der Waals surface area (Å²) in [6.45, 7) is 0.186. The van der Waals surface area contributed by atoms with E-state index in [0.29, 0.717) is 12.4 Å². The fraction of sp³-hybridized carbons (Fsp3) is 0.182. The quantitative estimate of drug-likeness (QED) is 0.834. The van der Waals surface area contributed by atoms with Gasteiger partial charge >= 0.3 is 5.97 Å². The van der Waals surface area contributed by atoms with Crippen LogP contribution in [0.25, 0.3) is 0 Å². The first kappa shape index (κ1) is 11.1. The van der Waals surface area contributed by atoms with Gasteiger partial charge in [0.25, 0.3) is 0 Å². The molecule has 1 aromatic heterocycles. The molecule has 6 nitrogen and oxygen atoms in total. The number of carbonyl (C=O) groups is 1. The number of hydrogen-bond acceptors (Lipinski definition) is 5. The van der Waals surface area contributed by atoms with Crippen LogP contribution in [-0.2, 0) is 11.3 Å². The minimum atomic E-state index is -0.905. The van der Waals surface area contributed by atoms with E-state index in [1.165, 1.54) is 6.39 Å². The lowest BCUT2D eigenvalue weighted by Crippen LogP contribution is -2.29. The number of rotatable bonds is 5. The summed E-state index contributed by atoms with van der Waals surface area (Å²) in [5.74, 6) is -0.451. The molecule has 88 valence electrons. The van der Waals surface area contributed by atoms with Gasteiger partial charge < -0.3 is 14.5 Å². The number of benzene rings is 1. The second-order valence-electron chi connectivity index (χ2n) is 3.43. The zero-order chi connectivity index (χ0) is 12.1. The molecule has 1 aromatic carbocycles. The van der Waals surface area contributed by atoms with Gasteiger partial charge in [-0.2, -0.15) is 4.98 Å². The number of carboxylic acid groups (broad SMARTS) is 1. The molecule has 0 aliphatic carbocycles. The van der Waals surface area contributed by atoms with Crippen LogP contribution in [-0.4, -0.2) is 27.8 Å².